The molecule has 1 aromatic carbocycles. The molecule has 0 saturated carbocycles. The highest BCUT2D eigenvalue weighted by Crippen LogP contribution is 2.21. The Morgan fingerprint density at radius 1 is 1.09 bits per heavy atom. The van der Waals surface area contributed by atoms with E-state index in [0.717, 1.165) is 19.1 Å². The van der Waals surface area contributed by atoms with Crippen LogP contribution in [0.4, 0.5) is 0 Å². The molecule has 1 amide bonds. The molecule has 1 aliphatic rings. The monoisotopic (exact) mass is 360 g/mol. The number of nitrogens with zero attached hydrogens (tertiary/aromatic N) is 1. The first-order chi connectivity index (χ1) is 10.7. The van der Waals surface area contributed by atoms with Gasteiger partial charge in [0.1, 0.15) is 9.84 Å². The van der Waals surface area contributed by atoms with E-state index in [1.165, 1.54) is 28.6 Å². The van der Waals surface area contributed by atoms with Gasteiger partial charge in [0, 0.05) is 31.5 Å². The van der Waals surface area contributed by atoms with Crippen molar-refractivity contribution in [3.63, 3.8) is 0 Å². The Morgan fingerprint density at radius 3 is 2.17 bits per heavy atom. The lowest BCUT2D eigenvalue weighted by Crippen LogP contribution is -2.29. The Balaban J connectivity index is 2.03. The molecule has 0 aliphatic carbocycles. The third-order valence-corrected chi connectivity index (χ3v) is 6.44. The van der Waals surface area contributed by atoms with Gasteiger partial charge in [0.2, 0.25) is 10.0 Å². The SMILES string of the molecule is CS(=O)(=O)CCNC(=O)c1ccc(S(=O)(=O)N2CCCC2)cc1. The zero-order chi connectivity index (χ0) is 17.1. The number of benzene rings is 1. The number of carbonyl (C=O) groups excluding carboxylic acids is 1. The lowest BCUT2D eigenvalue weighted by atomic mass is 10.2. The normalized spacial score (nSPS) is 16.4. The van der Waals surface area contributed by atoms with Crippen LogP contribution in [0, 0.1) is 0 Å². The van der Waals surface area contributed by atoms with Crippen LogP contribution in [-0.4, -0.2) is 58.7 Å². The highest BCUT2D eigenvalue weighted by atomic mass is 32.2. The van der Waals surface area contributed by atoms with Crippen LogP contribution in [0.25, 0.3) is 0 Å². The van der Waals surface area contributed by atoms with E-state index in [2.05, 4.69) is 5.32 Å². The molecule has 1 N–H and O–H groups in total. The number of nitrogens with one attached hydrogen (secondary N) is 1. The molecule has 128 valence electrons. The van der Waals surface area contributed by atoms with Crippen LogP contribution in [-0.2, 0) is 19.9 Å². The van der Waals surface area contributed by atoms with Gasteiger partial charge in [-0.25, -0.2) is 16.8 Å². The van der Waals surface area contributed by atoms with Gasteiger partial charge in [-0.15, -0.1) is 0 Å². The first-order valence-electron chi connectivity index (χ1n) is 7.26. The molecule has 1 aliphatic heterocycles. The van der Waals surface area contributed by atoms with Gasteiger partial charge in [-0.3, -0.25) is 4.79 Å². The average Bonchev–Trinajstić information content (AvgIpc) is 3.01. The van der Waals surface area contributed by atoms with Crippen LogP contribution in [0.2, 0.25) is 0 Å². The van der Waals surface area contributed by atoms with E-state index in [-0.39, 0.29) is 17.2 Å². The molecule has 7 nitrogen and oxygen atoms in total. The summed E-state index contributed by atoms with van der Waals surface area (Å²) in [7, 11) is -6.63. The summed E-state index contributed by atoms with van der Waals surface area (Å²) >= 11 is 0. The highest BCUT2D eigenvalue weighted by Gasteiger charge is 2.27. The molecule has 1 saturated heterocycles. The van der Waals surface area contributed by atoms with Gasteiger partial charge >= 0.3 is 0 Å². The Hall–Kier alpha value is -1.45. The second-order valence-corrected chi connectivity index (χ2v) is 9.72. The summed E-state index contributed by atoms with van der Waals surface area (Å²) in [4.78, 5) is 12.0. The van der Waals surface area contributed by atoms with Gasteiger partial charge in [0.05, 0.1) is 10.6 Å². The van der Waals surface area contributed by atoms with E-state index in [1.807, 2.05) is 0 Å². The molecule has 0 radical (unpaired) electrons. The largest absolute Gasteiger partial charge is 0.351 e. The maximum absolute atomic E-state index is 12.4. The standard InChI is InChI=1S/C14H20N2O5S2/c1-22(18,19)11-8-15-14(17)12-4-6-13(7-5-12)23(20,21)16-9-2-3-10-16/h4-7H,2-3,8-11H2,1H3,(H,15,17). The zero-order valence-corrected chi connectivity index (χ0v) is 14.5. The van der Waals surface area contributed by atoms with Gasteiger partial charge in [-0.05, 0) is 37.1 Å². The molecule has 9 heteroatoms. The maximum Gasteiger partial charge on any atom is 0.251 e. The summed E-state index contributed by atoms with van der Waals surface area (Å²) in [6.45, 7) is 1.07. The van der Waals surface area contributed by atoms with Gasteiger partial charge in [-0.2, -0.15) is 4.31 Å². The number of carbonyl (C=O) groups is 1. The fraction of sp³-hybridized carbons (Fsp3) is 0.500. The summed E-state index contributed by atoms with van der Waals surface area (Å²) in [6, 6.07) is 5.66. The summed E-state index contributed by atoms with van der Waals surface area (Å²) < 4.78 is 48.2. The van der Waals surface area contributed by atoms with Crippen LogP contribution in [0.15, 0.2) is 29.2 Å². The minimum atomic E-state index is -3.50. The molecular weight excluding hydrogens is 340 g/mol. The van der Waals surface area contributed by atoms with Crippen molar-refractivity contribution in [2.24, 2.45) is 0 Å². The molecule has 1 fully saturated rings. The first kappa shape index (κ1) is 17.9. The Kier molecular flexibility index (Phi) is 5.43. The fourth-order valence-electron chi connectivity index (χ4n) is 2.31. The molecule has 0 aromatic heterocycles. The molecule has 1 aromatic rings. The molecule has 2 rings (SSSR count). The second kappa shape index (κ2) is 6.98. The van der Waals surface area contributed by atoms with Crippen molar-refractivity contribution in [2.45, 2.75) is 17.7 Å². The number of amides is 1. The van der Waals surface area contributed by atoms with E-state index >= 15 is 0 Å². The Morgan fingerprint density at radius 2 is 1.65 bits per heavy atom. The maximum atomic E-state index is 12.4. The fourth-order valence-corrected chi connectivity index (χ4v) is 4.30. The second-order valence-electron chi connectivity index (χ2n) is 5.52. The molecule has 0 atom stereocenters. The van der Waals surface area contributed by atoms with Crippen molar-refractivity contribution >= 4 is 25.8 Å². The van der Waals surface area contributed by atoms with E-state index in [4.69, 9.17) is 0 Å². The van der Waals surface area contributed by atoms with Crippen LogP contribution < -0.4 is 5.32 Å². The number of sulfonamides is 1. The van der Waals surface area contributed by atoms with Gasteiger partial charge in [0.25, 0.3) is 5.91 Å². The van der Waals surface area contributed by atoms with E-state index in [9.17, 15) is 21.6 Å². The van der Waals surface area contributed by atoms with E-state index in [0.29, 0.717) is 18.7 Å². The molecular formula is C14H20N2O5S2. The molecule has 23 heavy (non-hydrogen) atoms. The number of sulfone groups is 1. The summed E-state index contributed by atoms with van der Waals surface area (Å²) in [5.74, 6) is -0.570. The minimum Gasteiger partial charge on any atom is -0.351 e. The Bertz CT molecular complexity index is 764. The smallest absolute Gasteiger partial charge is 0.251 e. The average molecular weight is 360 g/mol. The van der Waals surface area contributed by atoms with Gasteiger partial charge < -0.3 is 5.32 Å². The van der Waals surface area contributed by atoms with Crippen molar-refractivity contribution in [2.75, 3.05) is 31.6 Å². The predicted octanol–water partition coefficient (Wildman–Crippen LogP) is 0.246. The van der Waals surface area contributed by atoms with Crippen molar-refractivity contribution in [3.05, 3.63) is 29.8 Å². The number of rotatable bonds is 6. The van der Waals surface area contributed by atoms with Crippen molar-refractivity contribution < 1.29 is 21.6 Å². The summed E-state index contributed by atoms with van der Waals surface area (Å²) in [5, 5.41) is 2.49. The third kappa shape index (κ3) is 4.76. The lowest BCUT2D eigenvalue weighted by Gasteiger charge is -2.15. The summed E-state index contributed by atoms with van der Waals surface area (Å²) in [5.41, 5.74) is 0.291. The van der Waals surface area contributed by atoms with E-state index in [1.54, 1.807) is 0 Å². The minimum absolute atomic E-state index is 0.0193. The number of hydrogen-bond donors (Lipinski definition) is 1. The molecule has 0 unspecified atom stereocenters. The number of hydrogen-bond acceptors (Lipinski definition) is 5. The van der Waals surface area contributed by atoms with Crippen molar-refractivity contribution in [1.82, 2.24) is 9.62 Å². The van der Waals surface area contributed by atoms with Crippen LogP contribution >= 0.6 is 0 Å². The van der Waals surface area contributed by atoms with Crippen LogP contribution in [0.1, 0.15) is 23.2 Å². The zero-order valence-electron chi connectivity index (χ0n) is 12.9. The quantitative estimate of drug-likeness (QED) is 0.783. The first-order valence-corrected chi connectivity index (χ1v) is 10.8. The highest BCUT2D eigenvalue weighted by molar-refractivity contribution is 7.90. The third-order valence-electron chi connectivity index (χ3n) is 3.58. The van der Waals surface area contributed by atoms with Crippen LogP contribution in [0.5, 0.6) is 0 Å². The summed E-state index contributed by atoms with van der Waals surface area (Å²) in [6.07, 6.45) is 2.82. The topological polar surface area (TPSA) is 101 Å². The van der Waals surface area contributed by atoms with Crippen LogP contribution in [0.3, 0.4) is 0 Å². The van der Waals surface area contributed by atoms with Gasteiger partial charge in [-0.1, -0.05) is 0 Å². The van der Waals surface area contributed by atoms with Gasteiger partial charge in [0.15, 0.2) is 0 Å². The lowest BCUT2D eigenvalue weighted by molar-refractivity contribution is 0.0956. The van der Waals surface area contributed by atoms with Crippen molar-refractivity contribution in [3.8, 4) is 0 Å². The van der Waals surface area contributed by atoms with Crippen molar-refractivity contribution in [1.29, 1.82) is 0 Å². The predicted molar refractivity (Wildman–Crippen MR) is 86.5 cm³/mol. The molecule has 1 heterocycles. The van der Waals surface area contributed by atoms with E-state index < -0.39 is 25.8 Å². The molecule has 0 bridgehead atoms. The Labute approximate surface area is 136 Å². The molecule has 0 spiro atoms.